The fraction of sp³-hybridized carbons (Fsp3) is 0.643. The first-order chi connectivity index (χ1) is 10.1. The highest BCUT2D eigenvalue weighted by Crippen LogP contribution is 2.42. The molecule has 0 unspecified atom stereocenters. The van der Waals surface area contributed by atoms with Gasteiger partial charge in [0.15, 0.2) is 11.5 Å². The summed E-state index contributed by atoms with van der Waals surface area (Å²) in [6.07, 6.45) is 1.02. The average molecular weight is 313 g/mol. The lowest BCUT2D eigenvalue weighted by Gasteiger charge is -2.26. The van der Waals surface area contributed by atoms with E-state index in [2.05, 4.69) is 10.2 Å². The van der Waals surface area contributed by atoms with E-state index in [0.29, 0.717) is 16.3 Å². The Bertz CT molecular complexity index is 484. The minimum atomic E-state index is -0.0304. The van der Waals surface area contributed by atoms with Gasteiger partial charge in [0, 0.05) is 26.6 Å². The molecule has 2 rings (SSSR count). The zero-order chi connectivity index (χ0) is 15.2. The van der Waals surface area contributed by atoms with Gasteiger partial charge in [-0.05, 0) is 13.0 Å². The van der Waals surface area contributed by atoms with Crippen molar-refractivity contribution in [2.75, 3.05) is 57.6 Å². The molecule has 7 heteroatoms. The van der Waals surface area contributed by atoms with Gasteiger partial charge in [0.25, 0.3) is 0 Å². The summed E-state index contributed by atoms with van der Waals surface area (Å²) < 4.78 is 10.6. The quantitative estimate of drug-likeness (QED) is 0.589. The van der Waals surface area contributed by atoms with Crippen molar-refractivity contribution in [3.63, 3.8) is 0 Å². The molecule has 3 N–H and O–H groups in total. The molecule has 1 aromatic heterocycles. The van der Waals surface area contributed by atoms with Crippen LogP contribution < -0.4 is 15.8 Å². The van der Waals surface area contributed by atoms with Crippen LogP contribution in [-0.2, 0) is 4.74 Å². The summed E-state index contributed by atoms with van der Waals surface area (Å²) in [5.41, 5.74) is 6.38. The van der Waals surface area contributed by atoms with Crippen LogP contribution in [0.4, 0.5) is 10.7 Å². The van der Waals surface area contributed by atoms with Crippen LogP contribution in [0.2, 0.25) is 0 Å². The van der Waals surface area contributed by atoms with Gasteiger partial charge < -0.3 is 20.5 Å². The predicted octanol–water partition coefficient (Wildman–Crippen LogP) is 1.68. The fourth-order valence-corrected chi connectivity index (χ4v) is 3.35. The van der Waals surface area contributed by atoms with E-state index in [4.69, 9.17) is 15.2 Å². The molecular formula is C14H23N3O3S. The fourth-order valence-electron chi connectivity index (χ4n) is 2.34. The molecule has 1 fully saturated rings. The van der Waals surface area contributed by atoms with Gasteiger partial charge >= 0.3 is 0 Å². The number of anilines is 2. The molecule has 21 heavy (non-hydrogen) atoms. The highest BCUT2D eigenvalue weighted by molar-refractivity contribution is 7.19. The molecule has 0 spiro atoms. The number of hydrogen-bond donors (Lipinski definition) is 2. The van der Waals surface area contributed by atoms with E-state index in [-0.39, 0.29) is 5.78 Å². The summed E-state index contributed by atoms with van der Waals surface area (Å²) in [6.45, 7) is 7.04. The second kappa shape index (κ2) is 7.63. The SMILES string of the molecule is COc1c(NCCCN2CCOCC2)sc(C(C)=O)c1N. The van der Waals surface area contributed by atoms with Crippen molar-refractivity contribution in [1.82, 2.24) is 4.90 Å². The number of rotatable bonds is 7. The van der Waals surface area contributed by atoms with E-state index < -0.39 is 0 Å². The summed E-state index contributed by atoms with van der Waals surface area (Å²) in [7, 11) is 1.57. The molecule has 0 radical (unpaired) electrons. The van der Waals surface area contributed by atoms with Crippen LogP contribution in [0, 0.1) is 0 Å². The first-order valence-electron chi connectivity index (χ1n) is 7.14. The maximum Gasteiger partial charge on any atom is 0.176 e. The lowest BCUT2D eigenvalue weighted by Crippen LogP contribution is -2.37. The maximum atomic E-state index is 11.5. The second-order valence-electron chi connectivity index (χ2n) is 5.00. The number of ether oxygens (including phenoxy) is 2. The second-order valence-corrected chi connectivity index (χ2v) is 6.02. The Kier molecular flexibility index (Phi) is 5.84. The Labute approximate surface area is 129 Å². The van der Waals surface area contributed by atoms with Crippen LogP contribution in [0.3, 0.4) is 0 Å². The number of Topliss-reactive ketones (excluding diaryl/α,β-unsaturated/α-hetero) is 1. The highest BCUT2D eigenvalue weighted by atomic mass is 32.1. The van der Waals surface area contributed by atoms with Crippen LogP contribution in [-0.4, -0.2) is 57.2 Å². The van der Waals surface area contributed by atoms with E-state index in [1.165, 1.54) is 18.3 Å². The minimum Gasteiger partial charge on any atom is -0.492 e. The number of hydrogen-bond acceptors (Lipinski definition) is 7. The third kappa shape index (κ3) is 4.09. The van der Waals surface area contributed by atoms with Crippen LogP contribution in [0.15, 0.2) is 0 Å². The number of thiophene rings is 1. The molecule has 118 valence electrons. The number of morpholine rings is 1. The van der Waals surface area contributed by atoms with Crippen molar-refractivity contribution in [2.24, 2.45) is 0 Å². The zero-order valence-corrected chi connectivity index (χ0v) is 13.4. The number of nitrogens with two attached hydrogens (primary N) is 1. The molecule has 0 atom stereocenters. The molecule has 6 nitrogen and oxygen atoms in total. The van der Waals surface area contributed by atoms with Crippen molar-refractivity contribution in [3.8, 4) is 5.75 Å². The number of nitrogens with zero attached hydrogens (tertiary/aromatic N) is 1. The van der Waals surface area contributed by atoms with E-state index in [1.807, 2.05) is 0 Å². The van der Waals surface area contributed by atoms with Gasteiger partial charge in [-0.1, -0.05) is 0 Å². The topological polar surface area (TPSA) is 76.8 Å². The number of carbonyl (C=O) groups is 1. The normalized spacial score (nSPS) is 15.9. The van der Waals surface area contributed by atoms with E-state index in [0.717, 1.165) is 50.8 Å². The first kappa shape index (κ1) is 16.1. The van der Waals surface area contributed by atoms with Gasteiger partial charge in [-0.15, -0.1) is 11.3 Å². The van der Waals surface area contributed by atoms with Gasteiger partial charge in [0.05, 0.1) is 30.9 Å². The summed E-state index contributed by atoms with van der Waals surface area (Å²) in [5.74, 6) is 0.550. The molecule has 1 aromatic rings. The van der Waals surface area contributed by atoms with Gasteiger partial charge in [-0.3, -0.25) is 9.69 Å². The van der Waals surface area contributed by atoms with Gasteiger partial charge in [-0.25, -0.2) is 0 Å². The van der Waals surface area contributed by atoms with Crippen LogP contribution >= 0.6 is 11.3 Å². The average Bonchev–Trinajstić information content (AvgIpc) is 2.81. The van der Waals surface area contributed by atoms with Gasteiger partial charge in [-0.2, -0.15) is 0 Å². The Morgan fingerprint density at radius 1 is 1.48 bits per heavy atom. The summed E-state index contributed by atoms with van der Waals surface area (Å²) >= 11 is 1.36. The Morgan fingerprint density at radius 2 is 2.19 bits per heavy atom. The lowest BCUT2D eigenvalue weighted by molar-refractivity contribution is 0.0378. The number of nitrogen functional groups attached to an aromatic ring is 1. The van der Waals surface area contributed by atoms with Gasteiger partial charge in [0.1, 0.15) is 5.00 Å². The van der Waals surface area contributed by atoms with E-state index in [1.54, 1.807) is 7.11 Å². The number of methoxy groups -OCH3 is 1. The predicted molar refractivity (Wildman–Crippen MR) is 85.7 cm³/mol. The third-order valence-corrected chi connectivity index (χ3v) is 4.71. The molecule has 1 aliphatic heterocycles. The Balaban J connectivity index is 1.84. The molecule has 0 saturated carbocycles. The summed E-state index contributed by atoms with van der Waals surface area (Å²) in [6, 6.07) is 0. The molecule has 2 heterocycles. The van der Waals surface area contributed by atoms with Crippen molar-refractivity contribution in [1.29, 1.82) is 0 Å². The molecular weight excluding hydrogens is 290 g/mol. The molecule has 0 aromatic carbocycles. The van der Waals surface area contributed by atoms with Crippen molar-refractivity contribution in [2.45, 2.75) is 13.3 Å². The number of nitrogens with one attached hydrogen (secondary N) is 1. The largest absolute Gasteiger partial charge is 0.492 e. The summed E-state index contributed by atoms with van der Waals surface area (Å²) in [5, 5.41) is 4.16. The van der Waals surface area contributed by atoms with Crippen molar-refractivity contribution in [3.05, 3.63) is 4.88 Å². The summed E-state index contributed by atoms with van der Waals surface area (Å²) in [4.78, 5) is 14.5. The number of ketones is 1. The molecule has 1 saturated heterocycles. The first-order valence-corrected chi connectivity index (χ1v) is 7.96. The maximum absolute atomic E-state index is 11.5. The van der Waals surface area contributed by atoms with E-state index >= 15 is 0 Å². The van der Waals surface area contributed by atoms with Crippen LogP contribution in [0.25, 0.3) is 0 Å². The number of carbonyl (C=O) groups excluding carboxylic acids is 1. The minimum absolute atomic E-state index is 0.0304. The molecule has 0 amide bonds. The van der Waals surface area contributed by atoms with E-state index in [9.17, 15) is 4.79 Å². The monoisotopic (exact) mass is 313 g/mol. The Hall–Kier alpha value is -1.31. The molecule has 1 aliphatic rings. The standard InChI is InChI=1S/C14H23N3O3S/c1-10(18)13-11(15)12(19-2)14(21-13)16-4-3-5-17-6-8-20-9-7-17/h16H,3-9,15H2,1-2H3. The Morgan fingerprint density at radius 3 is 2.81 bits per heavy atom. The van der Waals surface area contributed by atoms with Gasteiger partial charge in [0.2, 0.25) is 0 Å². The highest BCUT2D eigenvalue weighted by Gasteiger charge is 2.19. The van der Waals surface area contributed by atoms with Crippen LogP contribution in [0.5, 0.6) is 5.75 Å². The van der Waals surface area contributed by atoms with Crippen molar-refractivity contribution >= 4 is 27.8 Å². The lowest BCUT2D eigenvalue weighted by atomic mass is 10.3. The van der Waals surface area contributed by atoms with Crippen LogP contribution in [0.1, 0.15) is 23.0 Å². The third-order valence-electron chi connectivity index (χ3n) is 3.46. The smallest absolute Gasteiger partial charge is 0.176 e. The molecule has 0 aliphatic carbocycles. The van der Waals surface area contributed by atoms with Crippen molar-refractivity contribution < 1.29 is 14.3 Å². The molecule has 0 bridgehead atoms. The zero-order valence-electron chi connectivity index (χ0n) is 12.6.